The van der Waals surface area contributed by atoms with Crippen LogP contribution in [0, 0.1) is 0 Å². The van der Waals surface area contributed by atoms with Crippen LogP contribution in [0.2, 0.25) is 0 Å². The van der Waals surface area contributed by atoms with Gasteiger partial charge in [-0.15, -0.1) is 10.2 Å². The van der Waals surface area contributed by atoms with Crippen molar-refractivity contribution in [3.05, 3.63) is 11.4 Å². The van der Waals surface area contributed by atoms with Gasteiger partial charge in [0, 0.05) is 0 Å². The maximum atomic E-state index is 11.3. The van der Waals surface area contributed by atoms with Crippen molar-refractivity contribution in [2.75, 3.05) is 5.32 Å². The van der Waals surface area contributed by atoms with Crippen LogP contribution < -0.4 is 11.1 Å². The monoisotopic (exact) mass is 223 g/mol. The van der Waals surface area contributed by atoms with Gasteiger partial charge in [0.05, 0.1) is 17.4 Å². The van der Waals surface area contributed by atoms with Crippen LogP contribution in [0.25, 0.3) is 0 Å². The topological polar surface area (TPSA) is 93.8 Å². The molecule has 88 valence electrons. The SMILES string of the molecule is CCc1nnc(NC(=O)[C@@H](C)N)nc1CC. The Hall–Kier alpha value is -1.56. The zero-order valence-corrected chi connectivity index (χ0v) is 9.82. The largest absolute Gasteiger partial charge is 0.320 e. The first-order valence-electron chi connectivity index (χ1n) is 5.37. The Kier molecular flexibility index (Phi) is 4.30. The molecule has 0 bridgehead atoms. The average Bonchev–Trinajstić information content (AvgIpc) is 2.28. The number of aryl methyl sites for hydroxylation is 2. The van der Waals surface area contributed by atoms with E-state index in [0.29, 0.717) is 0 Å². The molecule has 0 spiro atoms. The molecular formula is C10H17N5O. The molecule has 1 aromatic heterocycles. The number of hydrogen-bond donors (Lipinski definition) is 2. The lowest BCUT2D eigenvalue weighted by Crippen LogP contribution is -2.33. The molecule has 1 aromatic rings. The van der Waals surface area contributed by atoms with Crippen molar-refractivity contribution in [2.45, 2.75) is 39.7 Å². The minimum Gasteiger partial charge on any atom is -0.320 e. The Morgan fingerprint density at radius 1 is 1.31 bits per heavy atom. The van der Waals surface area contributed by atoms with Crippen LogP contribution in [0.5, 0.6) is 0 Å². The van der Waals surface area contributed by atoms with Gasteiger partial charge in [-0.2, -0.15) is 0 Å². The lowest BCUT2D eigenvalue weighted by atomic mass is 10.2. The van der Waals surface area contributed by atoms with E-state index in [-0.39, 0.29) is 11.9 Å². The minimum absolute atomic E-state index is 0.219. The minimum atomic E-state index is -0.584. The first kappa shape index (κ1) is 12.5. The molecule has 0 aliphatic carbocycles. The fourth-order valence-corrected chi connectivity index (χ4v) is 1.22. The molecule has 6 heteroatoms. The second-order valence-electron chi connectivity index (χ2n) is 3.51. The standard InChI is InChI=1S/C10H17N5O/c1-4-7-8(5-2)14-15-10(12-7)13-9(16)6(3)11/h6H,4-5,11H2,1-3H3,(H,12,13,15,16)/t6-/m1/s1. The summed E-state index contributed by atoms with van der Waals surface area (Å²) in [6.45, 7) is 5.58. The Labute approximate surface area is 94.7 Å². The van der Waals surface area contributed by atoms with Crippen LogP contribution >= 0.6 is 0 Å². The Balaban J connectivity index is 2.87. The number of nitrogens with zero attached hydrogens (tertiary/aromatic N) is 3. The molecule has 1 rings (SSSR count). The lowest BCUT2D eigenvalue weighted by molar-refractivity contribution is -0.117. The number of nitrogens with two attached hydrogens (primary N) is 1. The fraction of sp³-hybridized carbons (Fsp3) is 0.600. The molecule has 0 saturated carbocycles. The molecule has 3 N–H and O–H groups in total. The number of hydrogen-bond acceptors (Lipinski definition) is 5. The highest BCUT2D eigenvalue weighted by molar-refractivity contribution is 5.92. The smallest absolute Gasteiger partial charge is 0.249 e. The van der Waals surface area contributed by atoms with Crippen molar-refractivity contribution in [2.24, 2.45) is 5.73 Å². The van der Waals surface area contributed by atoms with Gasteiger partial charge in [-0.25, -0.2) is 4.98 Å². The quantitative estimate of drug-likeness (QED) is 0.764. The summed E-state index contributed by atoms with van der Waals surface area (Å²) in [6, 6.07) is -0.584. The molecule has 1 amide bonds. The third-order valence-corrected chi connectivity index (χ3v) is 2.16. The third-order valence-electron chi connectivity index (χ3n) is 2.16. The molecule has 0 unspecified atom stereocenters. The molecular weight excluding hydrogens is 206 g/mol. The first-order chi connectivity index (χ1) is 7.58. The summed E-state index contributed by atoms with van der Waals surface area (Å²) in [5, 5.41) is 10.4. The number of aromatic nitrogens is 3. The van der Waals surface area contributed by atoms with Gasteiger partial charge in [0.15, 0.2) is 0 Å². The van der Waals surface area contributed by atoms with Gasteiger partial charge in [-0.05, 0) is 19.8 Å². The highest BCUT2D eigenvalue weighted by Gasteiger charge is 2.11. The molecule has 1 atom stereocenters. The van der Waals surface area contributed by atoms with Crippen molar-refractivity contribution >= 4 is 11.9 Å². The van der Waals surface area contributed by atoms with Gasteiger partial charge in [-0.1, -0.05) is 13.8 Å². The predicted octanol–water partition coefficient (Wildman–Crippen LogP) is 0.282. The first-order valence-corrected chi connectivity index (χ1v) is 5.37. The fourth-order valence-electron chi connectivity index (χ4n) is 1.22. The number of rotatable bonds is 4. The van der Waals surface area contributed by atoms with Gasteiger partial charge in [0.2, 0.25) is 11.9 Å². The number of anilines is 1. The van der Waals surface area contributed by atoms with E-state index in [2.05, 4.69) is 20.5 Å². The molecule has 6 nitrogen and oxygen atoms in total. The molecule has 0 saturated heterocycles. The van der Waals surface area contributed by atoms with E-state index in [1.807, 2.05) is 13.8 Å². The summed E-state index contributed by atoms with van der Waals surface area (Å²) in [4.78, 5) is 15.5. The van der Waals surface area contributed by atoms with Crippen LogP contribution in [0.3, 0.4) is 0 Å². The Morgan fingerprint density at radius 2 is 1.94 bits per heavy atom. The van der Waals surface area contributed by atoms with E-state index in [9.17, 15) is 4.79 Å². The van der Waals surface area contributed by atoms with Crippen molar-refractivity contribution < 1.29 is 4.79 Å². The van der Waals surface area contributed by atoms with E-state index < -0.39 is 6.04 Å². The molecule has 0 radical (unpaired) electrons. The number of carbonyl (C=O) groups excluding carboxylic acids is 1. The molecule has 1 heterocycles. The third kappa shape index (κ3) is 2.96. The number of nitrogens with one attached hydrogen (secondary N) is 1. The zero-order chi connectivity index (χ0) is 12.1. The predicted molar refractivity (Wildman–Crippen MR) is 60.9 cm³/mol. The molecule has 0 aromatic carbocycles. The molecule has 0 aliphatic heterocycles. The molecule has 0 fully saturated rings. The Morgan fingerprint density at radius 3 is 2.44 bits per heavy atom. The van der Waals surface area contributed by atoms with Gasteiger partial charge in [0.1, 0.15) is 0 Å². The zero-order valence-electron chi connectivity index (χ0n) is 9.82. The average molecular weight is 223 g/mol. The van der Waals surface area contributed by atoms with E-state index in [0.717, 1.165) is 24.2 Å². The highest BCUT2D eigenvalue weighted by Crippen LogP contribution is 2.06. The second-order valence-corrected chi connectivity index (χ2v) is 3.51. The van der Waals surface area contributed by atoms with Crippen molar-refractivity contribution in [3.8, 4) is 0 Å². The normalized spacial score (nSPS) is 12.2. The van der Waals surface area contributed by atoms with Crippen molar-refractivity contribution in [1.29, 1.82) is 0 Å². The lowest BCUT2D eigenvalue weighted by Gasteiger charge is -2.08. The van der Waals surface area contributed by atoms with Crippen LogP contribution in [0.1, 0.15) is 32.2 Å². The summed E-state index contributed by atoms with van der Waals surface area (Å²) in [6.07, 6.45) is 1.55. The summed E-state index contributed by atoms with van der Waals surface area (Å²) in [7, 11) is 0. The second kappa shape index (κ2) is 5.50. The van der Waals surface area contributed by atoms with Crippen molar-refractivity contribution in [3.63, 3.8) is 0 Å². The van der Waals surface area contributed by atoms with E-state index in [1.165, 1.54) is 0 Å². The maximum Gasteiger partial charge on any atom is 0.249 e. The highest BCUT2D eigenvalue weighted by atomic mass is 16.2. The van der Waals surface area contributed by atoms with E-state index >= 15 is 0 Å². The number of carbonyl (C=O) groups is 1. The number of amides is 1. The summed E-state index contributed by atoms with van der Waals surface area (Å²) in [5.74, 6) is -0.0931. The molecule has 0 aliphatic rings. The summed E-state index contributed by atoms with van der Waals surface area (Å²) >= 11 is 0. The Bertz CT molecular complexity index is 377. The summed E-state index contributed by atoms with van der Waals surface area (Å²) < 4.78 is 0. The van der Waals surface area contributed by atoms with Gasteiger partial charge >= 0.3 is 0 Å². The molecule has 16 heavy (non-hydrogen) atoms. The summed E-state index contributed by atoms with van der Waals surface area (Å²) in [5.41, 5.74) is 7.14. The van der Waals surface area contributed by atoms with Crippen LogP contribution in [-0.4, -0.2) is 27.1 Å². The van der Waals surface area contributed by atoms with Crippen LogP contribution in [0.4, 0.5) is 5.95 Å². The van der Waals surface area contributed by atoms with Gasteiger partial charge in [0.25, 0.3) is 0 Å². The van der Waals surface area contributed by atoms with E-state index in [4.69, 9.17) is 5.73 Å². The van der Waals surface area contributed by atoms with Gasteiger partial charge in [-0.3, -0.25) is 10.1 Å². The van der Waals surface area contributed by atoms with Crippen molar-refractivity contribution in [1.82, 2.24) is 15.2 Å². The van der Waals surface area contributed by atoms with E-state index in [1.54, 1.807) is 6.92 Å². The van der Waals surface area contributed by atoms with Crippen LogP contribution in [-0.2, 0) is 17.6 Å². The van der Waals surface area contributed by atoms with Gasteiger partial charge < -0.3 is 5.73 Å². The maximum absolute atomic E-state index is 11.3. The van der Waals surface area contributed by atoms with Crippen LogP contribution in [0.15, 0.2) is 0 Å².